The second-order valence-electron chi connectivity index (χ2n) is 7.09. The van der Waals surface area contributed by atoms with Gasteiger partial charge < -0.3 is 16.0 Å². The zero-order valence-corrected chi connectivity index (χ0v) is 17.2. The largest absolute Gasteiger partial charge is 0.365 e. The second-order valence-corrected chi connectivity index (χ2v) is 9.40. The van der Waals surface area contributed by atoms with E-state index in [-0.39, 0.29) is 54.3 Å². The smallest absolute Gasteiger partial charge is 0.254 e. The predicted molar refractivity (Wildman–Crippen MR) is 110 cm³/mol. The van der Waals surface area contributed by atoms with E-state index in [4.69, 9.17) is 11.0 Å². The molecular formula is C19H22N6O4S. The molecule has 1 fully saturated rings. The number of aromatic nitrogens is 2. The number of hydrogen-bond acceptors (Lipinski definition) is 7. The molecule has 3 N–H and O–H groups in total. The molecule has 30 heavy (non-hydrogen) atoms. The lowest BCUT2D eigenvalue weighted by atomic mass is 10.1. The molecule has 0 aliphatic carbocycles. The third-order valence-electron chi connectivity index (χ3n) is 4.86. The normalized spacial score (nSPS) is 16.5. The third kappa shape index (κ3) is 4.77. The number of anilines is 2. The number of nitriles is 1. The number of amides is 2. The van der Waals surface area contributed by atoms with Crippen molar-refractivity contribution in [1.82, 2.24) is 14.7 Å². The van der Waals surface area contributed by atoms with Gasteiger partial charge in [0, 0.05) is 30.5 Å². The minimum Gasteiger partial charge on any atom is -0.365 e. The van der Waals surface area contributed by atoms with Gasteiger partial charge in [0.05, 0.1) is 30.0 Å². The van der Waals surface area contributed by atoms with Crippen LogP contribution in [0.3, 0.4) is 0 Å². The standard InChI is InChI=1S/C19H22N6O4S/c1-13(6-7-20)25-12-16(17(21)26)18(23-25)22-15-4-2-14(3-5-15)19(27)24-8-10-30(28,29)11-9-24/h2-5,12-13H,6,8-11H2,1H3,(H2,21,26)(H,22,23). The lowest BCUT2D eigenvalue weighted by molar-refractivity contribution is 0.0770. The molecule has 1 aliphatic heterocycles. The Hall–Kier alpha value is -3.39. The zero-order chi connectivity index (χ0) is 21.9. The van der Waals surface area contributed by atoms with Crippen molar-refractivity contribution in [2.75, 3.05) is 29.9 Å². The van der Waals surface area contributed by atoms with Crippen molar-refractivity contribution in [3.05, 3.63) is 41.6 Å². The summed E-state index contributed by atoms with van der Waals surface area (Å²) in [5, 5.41) is 16.2. The van der Waals surface area contributed by atoms with Gasteiger partial charge in [0.15, 0.2) is 15.7 Å². The number of sulfone groups is 1. The minimum absolute atomic E-state index is 0.0266. The van der Waals surface area contributed by atoms with Gasteiger partial charge in [0.2, 0.25) is 0 Å². The average molecular weight is 430 g/mol. The maximum Gasteiger partial charge on any atom is 0.254 e. The van der Waals surface area contributed by atoms with E-state index in [0.717, 1.165) is 0 Å². The van der Waals surface area contributed by atoms with E-state index >= 15 is 0 Å². The fraction of sp³-hybridized carbons (Fsp3) is 0.368. The minimum atomic E-state index is -3.06. The molecule has 2 amide bonds. The van der Waals surface area contributed by atoms with Gasteiger partial charge in [-0.25, -0.2) is 8.42 Å². The summed E-state index contributed by atoms with van der Waals surface area (Å²) < 4.78 is 24.6. The van der Waals surface area contributed by atoms with Gasteiger partial charge in [0.25, 0.3) is 11.8 Å². The molecule has 0 spiro atoms. The molecular weight excluding hydrogens is 408 g/mol. The zero-order valence-electron chi connectivity index (χ0n) is 16.4. The summed E-state index contributed by atoms with van der Waals surface area (Å²) in [5.74, 6) is -0.682. The Kier molecular flexibility index (Phi) is 6.07. The van der Waals surface area contributed by atoms with Gasteiger partial charge in [-0.1, -0.05) is 0 Å². The van der Waals surface area contributed by atoms with Gasteiger partial charge in [-0.05, 0) is 31.2 Å². The van der Waals surface area contributed by atoms with Gasteiger partial charge >= 0.3 is 0 Å². The van der Waals surface area contributed by atoms with Crippen molar-refractivity contribution in [3.63, 3.8) is 0 Å². The van der Waals surface area contributed by atoms with Crippen molar-refractivity contribution in [2.24, 2.45) is 5.73 Å². The lowest BCUT2D eigenvalue weighted by Crippen LogP contribution is -2.43. The first-order chi connectivity index (χ1) is 14.2. The quantitative estimate of drug-likeness (QED) is 0.695. The number of primary amides is 1. The number of nitrogens with zero attached hydrogens (tertiary/aromatic N) is 4. The molecule has 158 valence electrons. The summed E-state index contributed by atoms with van der Waals surface area (Å²) in [6.07, 6.45) is 1.73. The summed E-state index contributed by atoms with van der Waals surface area (Å²) in [5.41, 5.74) is 6.64. The predicted octanol–water partition coefficient (Wildman–Crippen LogP) is 1.07. The van der Waals surface area contributed by atoms with Crippen LogP contribution in [0, 0.1) is 11.3 Å². The first-order valence-corrected chi connectivity index (χ1v) is 11.1. The topological polar surface area (TPSA) is 151 Å². The second kappa shape index (κ2) is 8.54. The first-order valence-electron chi connectivity index (χ1n) is 9.33. The Bertz CT molecular complexity index is 1090. The fourth-order valence-electron chi connectivity index (χ4n) is 3.05. The molecule has 10 nitrogen and oxygen atoms in total. The van der Waals surface area contributed by atoms with E-state index < -0.39 is 15.7 Å². The molecule has 2 aromatic rings. The van der Waals surface area contributed by atoms with E-state index in [1.165, 1.54) is 15.8 Å². The van der Waals surface area contributed by atoms with Gasteiger partial charge in [-0.3, -0.25) is 14.3 Å². The van der Waals surface area contributed by atoms with Crippen LogP contribution >= 0.6 is 0 Å². The van der Waals surface area contributed by atoms with Gasteiger partial charge in [-0.15, -0.1) is 0 Å². The molecule has 11 heteroatoms. The fourth-order valence-corrected chi connectivity index (χ4v) is 4.25. The Morgan fingerprint density at radius 3 is 2.47 bits per heavy atom. The Balaban J connectivity index is 1.74. The molecule has 1 saturated heterocycles. The maximum absolute atomic E-state index is 12.6. The van der Waals surface area contributed by atoms with Crippen molar-refractivity contribution < 1.29 is 18.0 Å². The van der Waals surface area contributed by atoms with Crippen LogP contribution in [0.4, 0.5) is 11.5 Å². The molecule has 0 radical (unpaired) electrons. The van der Waals surface area contributed by atoms with Crippen LogP contribution in [-0.2, 0) is 9.84 Å². The van der Waals surface area contributed by atoms with Crippen LogP contribution in [0.1, 0.15) is 40.1 Å². The summed E-state index contributed by atoms with van der Waals surface area (Å²) in [4.78, 5) is 25.8. The molecule has 1 aromatic carbocycles. The van der Waals surface area contributed by atoms with Crippen LogP contribution in [-0.4, -0.2) is 59.5 Å². The number of rotatable bonds is 6. The Morgan fingerprint density at radius 2 is 1.90 bits per heavy atom. The highest BCUT2D eigenvalue weighted by atomic mass is 32.2. The van der Waals surface area contributed by atoms with Crippen LogP contribution in [0.15, 0.2) is 30.5 Å². The highest BCUT2D eigenvalue weighted by Crippen LogP contribution is 2.22. The van der Waals surface area contributed by atoms with E-state index in [1.807, 2.05) is 0 Å². The number of carbonyl (C=O) groups excluding carboxylic acids is 2. The number of nitrogens with one attached hydrogen (secondary N) is 1. The highest BCUT2D eigenvalue weighted by molar-refractivity contribution is 7.91. The van der Waals surface area contributed by atoms with Crippen molar-refractivity contribution in [1.29, 1.82) is 5.26 Å². The SMILES string of the molecule is CC(CC#N)n1cc(C(N)=O)c(Nc2ccc(C(=O)N3CCS(=O)(=O)CC3)cc2)n1. The number of benzene rings is 1. The van der Waals surface area contributed by atoms with E-state index in [0.29, 0.717) is 11.3 Å². The summed E-state index contributed by atoms with van der Waals surface area (Å²) in [7, 11) is -3.06. The highest BCUT2D eigenvalue weighted by Gasteiger charge is 2.25. The van der Waals surface area contributed by atoms with Crippen molar-refractivity contribution in [3.8, 4) is 6.07 Å². The third-order valence-corrected chi connectivity index (χ3v) is 6.47. The molecule has 0 bridgehead atoms. The Morgan fingerprint density at radius 1 is 1.27 bits per heavy atom. The number of hydrogen-bond donors (Lipinski definition) is 2. The molecule has 1 unspecified atom stereocenters. The first kappa shape index (κ1) is 21.3. The Labute approximate surface area is 174 Å². The van der Waals surface area contributed by atoms with E-state index in [2.05, 4.69) is 16.5 Å². The van der Waals surface area contributed by atoms with Gasteiger partial charge in [0.1, 0.15) is 5.56 Å². The molecule has 1 aromatic heterocycles. The van der Waals surface area contributed by atoms with Crippen molar-refractivity contribution in [2.45, 2.75) is 19.4 Å². The molecule has 0 saturated carbocycles. The van der Waals surface area contributed by atoms with Crippen LogP contribution in [0.2, 0.25) is 0 Å². The van der Waals surface area contributed by atoms with Gasteiger partial charge in [-0.2, -0.15) is 10.4 Å². The monoisotopic (exact) mass is 430 g/mol. The van der Waals surface area contributed by atoms with Crippen molar-refractivity contribution >= 4 is 33.2 Å². The maximum atomic E-state index is 12.6. The number of carbonyl (C=O) groups is 2. The number of nitrogens with two attached hydrogens (primary N) is 1. The van der Waals surface area contributed by atoms with E-state index in [1.54, 1.807) is 31.2 Å². The molecule has 2 heterocycles. The van der Waals surface area contributed by atoms with E-state index in [9.17, 15) is 18.0 Å². The molecule has 1 atom stereocenters. The molecule has 3 rings (SSSR count). The summed E-state index contributed by atoms with van der Waals surface area (Å²) in [6, 6.07) is 8.39. The van der Waals surface area contributed by atoms with Crippen LogP contribution in [0.25, 0.3) is 0 Å². The average Bonchev–Trinajstić information content (AvgIpc) is 3.12. The van der Waals surface area contributed by atoms with Crippen LogP contribution < -0.4 is 11.1 Å². The van der Waals surface area contributed by atoms with Crippen LogP contribution in [0.5, 0.6) is 0 Å². The summed E-state index contributed by atoms with van der Waals surface area (Å²) >= 11 is 0. The summed E-state index contributed by atoms with van der Waals surface area (Å²) in [6.45, 7) is 2.17. The lowest BCUT2D eigenvalue weighted by Gasteiger charge is -2.26. The molecule has 1 aliphatic rings.